The number of hydrogen-bond donors (Lipinski definition) is 2. The van der Waals surface area contributed by atoms with E-state index in [0.29, 0.717) is 12.3 Å². The number of pyridine rings is 1. The summed E-state index contributed by atoms with van der Waals surface area (Å²) in [5, 5.41) is 7.03. The van der Waals surface area contributed by atoms with Gasteiger partial charge in [0.15, 0.2) is 0 Å². The van der Waals surface area contributed by atoms with E-state index in [4.69, 9.17) is 10.5 Å². The molecule has 3 N–H and O–H groups in total. The first-order valence-electron chi connectivity index (χ1n) is 8.56. The summed E-state index contributed by atoms with van der Waals surface area (Å²) in [4.78, 5) is 25.3. The lowest BCUT2D eigenvalue weighted by Gasteiger charge is -2.13. The van der Waals surface area contributed by atoms with Crippen molar-refractivity contribution in [2.24, 2.45) is 0 Å². The number of hydrogen-bond acceptors (Lipinski definition) is 7. The molecule has 3 rings (SSSR count). The fourth-order valence-electron chi connectivity index (χ4n) is 3.13. The van der Waals surface area contributed by atoms with E-state index in [-0.39, 0.29) is 18.3 Å². The quantitative estimate of drug-likeness (QED) is 0.693. The summed E-state index contributed by atoms with van der Waals surface area (Å²) in [6, 6.07) is 0. The van der Waals surface area contributed by atoms with Crippen LogP contribution in [0, 0.1) is 27.7 Å². The molecule has 0 saturated heterocycles. The van der Waals surface area contributed by atoms with Gasteiger partial charge in [0.25, 0.3) is 5.78 Å². The third-order valence-corrected chi connectivity index (χ3v) is 4.61. The maximum atomic E-state index is 12.5. The van der Waals surface area contributed by atoms with Crippen molar-refractivity contribution in [3.05, 3.63) is 40.0 Å². The van der Waals surface area contributed by atoms with Crippen LogP contribution in [0.3, 0.4) is 0 Å². The monoisotopic (exact) mass is 369 g/mol. The first-order valence-corrected chi connectivity index (χ1v) is 8.56. The van der Waals surface area contributed by atoms with Crippen LogP contribution in [0.5, 0.6) is 5.75 Å². The lowest BCUT2D eigenvalue weighted by Crippen LogP contribution is -2.26. The van der Waals surface area contributed by atoms with Crippen LogP contribution in [0.2, 0.25) is 0 Å². The molecular weight excluding hydrogens is 346 g/mol. The molecule has 3 aromatic heterocycles. The van der Waals surface area contributed by atoms with Gasteiger partial charge in [-0.2, -0.15) is 9.50 Å². The van der Waals surface area contributed by atoms with E-state index in [2.05, 4.69) is 25.4 Å². The molecule has 0 saturated carbocycles. The van der Waals surface area contributed by atoms with E-state index >= 15 is 0 Å². The minimum absolute atomic E-state index is 0.129. The number of carbonyl (C=O) groups excluding carboxylic acids is 1. The molecule has 0 atom stereocenters. The first kappa shape index (κ1) is 18.6. The van der Waals surface area contributed by atoms with Crippen molar-refractivity contribution in [1.82, 2.24) is 29.9 Å². The van der Waals surface area contributed by atoms with Crippen LogP contribution in [0.15, 0.2) is 6.20 Å². The van der Waals surface area contributed by atoms with E-state index in [1.807, 2.05) is 27.7 Å². The topological polar surface area (TPSA) is 120 Å². The van der Waals surface area contributed by atoms with E-state index in [1.165, 1.54) is 0 Å². The summed E-state index contributed by atoms with van der Waals surface area (Å²) in [5.74, 6) is 1.25. The number of ether oxygens (including phenoxy) is 1. The highest BCUT2D eigenvalue weighted by Crippen LogP contribution is 2.23. The van der Waals surface area contributed by atoms with Gasteiger partial charge in [0.1, 0.15) is 5.75 Å². The predicted molar refractivity (Wildman–Crippen MR) is 100 cm³/mol. The minimum atomic E-state index is -0.129. The molecule has 0 fully saturated rings. The van der Waals surface area contributed by atoms with Crippen molar-refractivity contribution in [3.8, 4) is 5.75 Å². The SMILES string of the molecule is COc1c(C)cnc(CNC(=O)Cc2c(C)nc3nc(N)nn3c2C)c1C. The average Bonchev–Trinajstić information content (AvgIpc) is 2.98. The Morgan fingerprint density at radius 2 is 2.00 bits per heavy atom. The van der Waals surface area contributed by atoms with Crippen LogP contribution in [0.1, 0.15) is 33.8 Å². The third kappa shape index (κ3) is 3.53. The fraction of sp³-hybridized carbons (Fsp3) is 0.389. The van der Waals surface area contributed by atoms with Crippen LogP contribution >= 0.6 is 0 Å². The number of nitrogens with zero attached hydrogens (tertiary/aromatic N) is 5. The van der Waals surface area contributed by atoms with Gasteiger partial charge in [-0.05, 0) is 27.7 Å². The third-order valence-electron chi connectivity index (χ3n) is 4.61. The highest BCUT2D eigenvalue weighted by molar-refractivity contribution is 5.79. The summed E-state index contributed by atoms with van der Waals surface area (Å²) in [6.07, 6.45) is 1.93. The Balaban J connectivity index is 1.76. The van der Waals surface area contributed by atoms with Gasteiger partial charge in [-0.3, -0.25) is 9.78 Å². The Kier molecular flexibility index (Phi) is 4.93. The number of carbonyl (C=O) groups is 1. The maximum Gasteiger partial charge on any atom is 0.254 e. The Labute approximate surface area is 157 Å². The minimum Gasteiger partial charge on any atom is -0.496 e. The summed E-state index contributed by atoms with van der Waals surface area (Å²) in [6.45, 7) is 7.91. The van der Waals surface area contributed by atoms with Crippen LogP contribution in [-0.4, -0.2) is 37.6 Å². The van der Waals surface area contributed by atoms with Gasteiger partial charge in [0, 0.05) is 34.3 Å². The second-order valence-electron chi connectivity index (χ2n) is 6.44. The average molecular weight is 369 g/mol. The first-order chi connectivity index (χ1) is 12.8. The molecule has 9 heteroatoms. The largest absolute Gasteiger partial charge is 0.496 e. The molecule has 0 unspecified atom stereocenters. The van der Waals surface area contributed by atoms with Crippen LogP contribution in [0.25, 0.3) is 5.78 Å². The Bertz CT molecular complexity index is 1030. The number of aromatic nitrogens is 5. The fourth-order valence-corrected chi connectivity index (χ4v) is 3.13. The normalized spacial score (nSPS) is 11.0. The van der Waals surface area contributed by atoms with Crippen molar-refractivity contribution in [2.45, 2.75) is 40.7 Å². The molecule has 0 aromatic carbocycles. The smallest absolute Gasteiger partial charge is 0.254 e. The van der Waals surface area contributed by atoms with Crippen molar-refractivity contribution in [1.29, 1.82) is 0 Å². The molecule has 0 bridgehead atoms. The van der Waals surface area contributed by atoms with Gasteiger partial charge in [-0.15, -0.1) is 5.10 Å². The Morgan fingerprint density at radius 3 is 2.70 bits per heavy atom. The Morgan fingerprint density at radius 1 is 1.26 bits per heavy atom. The van der Waals surface area contributed by atoms with Gasteiger partial charge in [-0.25, -0.2) is 4.98 Å². The second-order valence-corrected chi connectivity index (χ2v) is 6.44. The molecule has 9 nitrogen and oxygen atoms in total. The van der Waals surface area contributed by atoms with E-state index in [0.717, 1.165) is 39.5 Å². The molecule has 0 aliphatic rings. The molecule has 0 radical (unpaired) electrons. The van der Waals surface area contributed by atoms with Crippen LogP contribution in [-0.2, 0) is 17.8 Å². The number of nitrogen functional groups attached to an aromatic ring is 1. The number of amides is 1. The number of fused-ring (bicyclic) bond motifs is 1. The van der Waals surface area contributed by atoms with Gasteiger partial charge in [0.05, 0.1) is 25.8 Å². The lowest BCUT2D eigenvalue weighted by atomic mass is 10.1. The van der Waals surface area contributed by atoms with E-state index < -0.39 is 0 Å². The zero-order chi connectivity index (χ0) is 19.7. The highest BCUT2D eigenvalue weighted by Gasteiger charge is 2.16. The Hall–Kier alpha value is -3.23. The summed E-state index contributed by atoms with van der Waals surface area (Å²) in [7, 11) is 1.63. The second kappa shape index (κ2) is 7.18. The number of nitrogens with two attached hydrogens (primary N) is 1. The number of methoxy groups -OCH3 is 1. The van der Waals surface area contributed by atoms with E-state index in [1.54, 1.807) is 17.8 Å². The number of rotatable bonds is 5. The lowest BCUT2D eigenvalue weighted by molar-refractivity contribution is -0.120. The number of anilines is 1. The van der Waals surface area contributed by atoms with Crippen LogP contribution in [0.4, 0.5) is 5.95 Å². The summed E-state index contributed by atoms with van der Waals surface area (Å²) < 4.78 is 6.96. The zero-order valence-corrected chi connectivity index (χ0v) is 16.1. The maximum absolute atomic E-state index is 12.5. The molecule has 3 aromatic rings. The van der Waals surface area contributed by atoms with Gasteiger partial charge < -0.3 is 15.8 Å². The summed E-state index contributed by atoms with van der Waals surface area (Å²) in [5.41, 5.74) is 10.6. The van der Waals surface area contributed by atoms with Crippen molar-refractivity contribution < 1.29 is 9.53 Å². The molecule has 142 valence electrons. The molecule has 0 aliphatic carbocycles. The zero-order valence-electron chi connectivity index (χ0n) is 16.1. The molecular formula is C18H23N7O2. The molecule has 3 heterocycles. The van der Waals surface area contributed by atoms with Crippen LogP contribution < -0.4 is 15.8 Å². The number of aryl methyl sites for hydroxylation is 3. The van der Waals surface area contributed by atoms with Gasteiger partial charge in [-0.1, -0.05) is 0 Å². The van der Waals surface area contributed by atoms with E-state index in [9.17, 15) is 4.79 Å². The summed E-state index contributed by atoms with van der Waals surface area (Å²) >= 11 is 0. The molecule has 1 amide bonds. The number of nitrogens with one attached hydrogen (secondary N) is 1. The molecule has 0 aliphatic heterocycles. The highest BCUT2D eigenvalue weighted by atomic mass is 16.5. The predicted octanol–water partition coefficient (Wildman–Crippen LogP) is 1.20. The van der Waals surface area contributed by atoms with Gasteiger partial charge in [0.2, 0.25) is 11.9 Å². The van der Waals surface area contributed by atoms with Gasteiger partial charge >= 0.3 is 0 Å². The van der Waals surface area contributed by atoms with Crippen molar-refractivity contribution >= 4 is 17.6 Å². The molecule has 0 spiro atoms. The standard InChI is InChI=1S/C18H23N7O2/c1-9-7-20-14(10(2)16(9)27-5)8-21-15(26)6-13-11(3)22-18-23-17(19)24-25(18)12(13)4/h7H,6,8H2,1-5H3,(H2,19,24)(H,21,26). The van der Waals surface area contributed by atoms with Crippen molar-refractivity contribution in [3.63, 3.8) is 0 Å². The van der Waals surface area contributed by atoms with Crippen molar-refractivity contribution in [2.75, 3.05) is 12.8 Å². The molecule has 27 heavy (non-hydrogen) atoms.